The van der Waals surface area contributed by atoms with Gasteiger partial charge in [0.25, 0.3) is 5.91 Å². The number of halogens is 1. The summed E-state index contributed by atoms with van der Waals surface area (Å²) >= 11 is 7.54. The summed E-state index contributed by atoms with van der Waals surface area (Å²) in [5.74, 6) is -0.444. The standard InChI is InChI=1S/C26H23ClN4O2S/c1-26(25(33)28-15-18-9-11-20(27)12-10-18)17-31-22(14-21(29-31)23-8-5-13-34-23)24(32)30(26)16-19-6-3-2-4-7-19/h2-14H,15-17H2,1H3,(H,28,33)/t26-/m0/s1. The van der Waals surface area contributed by atoms with Gasteiger partial charge in [-0.1, -0.05) is 60.1 Å². The topological polar surface area (TPSA) is 67.2 Å². The van der Waals surface area contributed by atoms with Gasteiger partial charge in [0.2, 0.25) is 5.91 Å². The summed E-state index contributed by atoms with van der Waals surface area (Å²) in [6.07, 6.45) is 0. The van der Waals surface area contributed by atoms with Crippen molar-refractivity contribution >= 4 is 34.8 Å². The second-order valence-corrected chi connectivity index (χ2v) is 9.89. The molecule has 2 aromatic carbocycles. The monoisotopic (exact) mass is 490 g/mol. The van der Waals surface area contributed by atoms with E-state index >= 15 is 0 Å². The van der Waals surface area contributed by atoms with Crippen LogP contribution in [-0.2, 0) is 24.4 Å². The first kappa shape index (κ1) is 22.4. The lowest BCUT2D eigenvalue weighted by atomic mass is 9.94. The highest BCUT2D eigenvalue weighted by molar-refractivity contribution is 7.13. The van der Waals surface area contributed by atoms with Crippen LogP contribution in [-0.4, -0.2) is 32.0 Å². The minimum Gasteiger partial charge on any atom is -0.350 e. The van der Waals surface area contributed by atoms with Crippen LogP contribution in [0.3, 0.4) is 0 Å². The molecule has 0 saturated heterocycles. The Kier molecular flexibility index (Phi) is 5.98. The zero-order chi connectivity index (χ0) is 23.7. The summed E-state index contributed by atoms with van der Waals surface area (Å²) in [7, 11) is 0. The molecular weight excluding hydrogens is 468 g/mol. The smallest absolute Gasteiger partial charge is 0.273 e. The van der Waals surface area contributed by atoms with Gasteiger partial charge in [0, 0.05) is 18.1 Å². The molecule has 172 valence electrons. The third-order valence-corrected chi connectivity index (χ3v) is 7.25. The Balaban J connectivity index is 1.47. The van der Waals surface area contributed by atoms with Crippen molar-refractivity contribution in [3.05, 3.63) is 100 Å². The van der Waals surface area contributed by atoms with Crippen LogP contribution < -0.4 is 5.32 Å². The number of nitrogens with one attached hydrogen (secondary N) is 1. The number of aromatic nitrogens is 2. The van der Waals surface area contributed by atoms with Crippen molar-refractivity contribution in [2.45, 2.75) is 32.1 Å². The summed E-state index contributed by atoms with van der Waals surface area (Å²) in [6, 6.07) is 22.8. The Hall–Kier alpha value is -3.42. The highest BCUT2D eigenvalue weighted by Gasteiger charge is 2.48. The molecule has 0 aliphatic carbocycles. The third-order valence-electron chi connectivity index (χ3n) is 6.11. The molecule has 2 aromatic heterocycles. The quantitative estimate of drug-likeness (QED) is 0.413. The van der Waals surface area contributed by atoms with Gasteiger partial charge in [0.1, 0.15) is 16.9 Å². The summed E-state index contributed by atoms with van der Waals surface area (Å²) < 4.78 is 1.67. The van der Waals surface area contributed by atoms with Crippen LogP contribution in [0.2, 0.25) is 5.02 Å². The number of nitrogens with zero attached hydrogens (tertiary/aromatic N) is 3. The first-order valence-corrected chi connectivity index (χ1v) is 12.2. The van der Waals surface area contributed by atoms with Crippen LogP contribution in [0, 0.1) is 0 Å². The Morgan fingerprint density at radius 3 is 2.56 bits per heavy atom. The molecule has 1 aliphatic heterocycles. The lowest BCUT2D eigenvalue weighted by molar-refractivity contribution is -0.133. The Bertz CT molecular complexity index is 1320. The number of rotatable bonds is 6. The maximum absolute atomic E-state index is 13.7. The third kappa shape index (κ3) is 4.24. The van der Waals surface area contributed by atoms with Gasteiger partial charge >= 0.3 is 0 Å². The minimum atomic E-state index is -1.12. The first-order valence-electron chi connectivity index (χ1n) is 10.9. The second-order valence-electron chi connectivity index (χ2n) is 8.51. The summed E-state index contributed by atoms with van der Waals surface area (Å²) in [5.41, 5.74) is 1.99. The molecule has 8 heteroatoms. The van der Waals surface area contributed by atoms with Gasteiger partial charge in [-0.3, -0.25) is 14.3 Å². The van der Waals surface area contributed by atoms with Crippen molar-refractivity contribution in [1.29, 1.82) is 0 Å². The predicted molar refractivity (Wildman–Crippen MR) is 134 cm³/mol. The molecule has 0 saturated carbocycles. The van der Waals surface area contributed by atoms with Gasteiger partial charge in [-0.15, -0.1) is 11.3 Å². The average molecular weight is 491 g/mol. The molecule has 4 aromatic rings. The maximum atomic E-state index is 13.7. The summed E-state index contributed by atoms with van der Waals surface area (Å²) in [6.45, 7) is 2.73. The van der Waals surface area contributed by atoms with Gasteiger partial charge in [0.15, 0.2) is 0 Å². The largest absolute Gasteiger partial charge is 0.350 e. The number of hydrogen-bond donors (Lipinski definition) is 1. The molecule has 5 rings (SSSR count). The molecule has 0 spiro atoms. The van der Waals surface area contributed by atoms with Crippen LogP contribution >= 0.6 is 22.9 Å². The Morgan fingerprint density at radius 1 is 1.09 bits per heavy atom. The molecule has 1 atom stereocenters. The van der Waals surface area contributed by atoms with E-state index in [0.29, 0.717) is 23.8 Å². The molecule has 1 aliphatic rings. The number of carbonyl (C=O) groups is 2. The van der Waals surface area contributed by atoms with Crippen LogP contribution in [0.25, 0.3) is 10.6 Å². The summed E-state index contributed by atoms with van der Waals surface area (Å²) in [4.78, 5) is 29.9. The summed E-state index contributed by atoms with van der Waals surface area (Å²) in [5, 5.41) is 10.3. The van der Waals surface area contributed by atoms with Crippen molar-refractivity contribution in [2.24, 2.45) is 0 Å². The molecule has 1 N–H and O–H groups in total. The van der Waals surface area contributed by atoms with E-state index in [1.807, 2.05) is 66.0 Å². The van der Waals surface area contributed by atoms with Gasteiger partial charge in [0.05, 0.1) is 11.4 Å². The first-order chi connectivity index (χ1) is 16.4. The zero-order valence-corrected chi connectivity index (χ0v) is 20.1. The van der Waals surface area contributed by atoms with E-state index in [1.165, 1.54) is 0 Å². The fraction of sp³-hybridized carbons (Fsp3) is 0.192. The van der Waals surface area contributed by atoms with Crippen LogP contribution in [0.4, 0.5) is 0 Å². The number of fused-ring (bicyclic) bond motifs is 1. The molecule has 34 heavy (non-hydrogen) atoms. The predicted octanol–water partition coefficient (Wildman–Crippen LogP) is 5.00. The fourth-order valence-electron chi connectivity index (χ4n) is 4.18. The van der Waals surface area contributed by atoms with Crippen molar-refractivity contribution in [3.8, 4) is 10.6 Å². The van der Waals surface area contributed by atoms with Gasteiger partial charge in [-0.25, -0.2) is 0 Å². The van der Waals surface area contributed by atoms with E-state index < -0.39 is 5.54 Å². The van der Waals surface area contributed by atoms with Gasteiger partial charge in [-0.2, -0.15) is 5.10 Å². The average Bonchev–Trinajstić information content (AvgIpc) is 3.52. The Labute approximate surface area is 206 Å². The van der Waals surface area contributed by atoms with E-state index in [9.17, 15) is 9.59 Å². The SMILES string of the molecule is C[C@@]1(C(=O)NCc2ccc(Cl)cc2)Cn2nc(-c3cccs3)cc2C(=O)N1Cc1ccccc1. The molecule has 0 radical (unpaired) electrons. The number of benzene rings is 2. The van der Waals surface area contributed by atoms with Crippen LogP contribution in [0.1, 0.15) is 28.5 Å². The number of hydrogen-bond acceptors (Lipinski definition) is 4. The highest BCUT2D eigenvalue weighted by atomic mass is 35.5. The molecule has 6 nitrogen and oxygen atoms in total. The van der Waals surface area contributed by atoms with E-state index in [-0.39, 0.29) is 18.4 Å². The lowest BCUT2D eigenvalue weighted by Crippen LogP contribution is -2.63. The van der Waals surface area contributed by atoms with Gasteiger partial charge in [-0.05, 0) is 47.7 Å². The van der Waals surface area contributed by atoms with E-state index in [2.05, 4.69) is 10.4 Å². The number of thiophene rings is 1. The van der Waals surface area contributed by atoms with Crippen molar-refractivity contribution in [3.63, 3.8) is 0 Å². The van der Waals surface area contributed by atoms with Crippen LogP contribution in [0.15, 0.2) is 78.2 Å². The molecule has 2 amide bonds. The number of carbonyl (C=O) groups excluding carboxylic acids is 2. The molecule has 3 heterocycles. The normalized spacial score (nSPS) is 17.5. The van der Waals surface area contributed by atoms with Crippen LogP contribution in [0.5, 0.6) is 0 Å². The Morgan fingerprint density at radius 2 is 1.85 bits per heavy atom. The molecule has 0 bridgehead atoms. The van der Waals surface area contributed by atoms with Gasteiger partial charge < -0.3 is 10.2 Å². The van der Waals surface area contributed by atoms with Crippen molar-refractivity contribution in [1.82, 2.24) is 20.0 Å². The van der Waals surface area contributed by atoms with E-state index in [1.54, 1.807) is 40.0 Å². The molecule has 0 unspecified atom stereocenters. The van der Waals surface area contributed by atoms with E-state index in [4.69, 9.17) is 11.6 Å². The fourth-order valence-corrected chi connectivity index (χ4v) is 4.98. The number of amides is 2. The highest BCUT2D eigenvalue weighted by Crippen LogP contribution is 2.32. The molecular formula is C26H23ClN4O2S. The lowest BCUT2D eigenvalue weighted by Gasteiger charge is -2.43. The minimum absolute atomic E-state index is 0.213. The molecule has 0 fully saturated rings. The van der Waals surface area contributed by atoms with E-state index in [0.717, 1.165) is 21.7 Å². The van der Waals surface area contributed by atoms with Crippen molar-refractivity contribution < 1.29 is 9.59 Å². The van der Waals surface area contributed by atoms with Crippen molar-refractivity contribution in [2.75, 3.05) is 0 Å². The second kappa shape index (κ2) is 9.08. The maximum Gasteiger partial charge on any atom is 0.273 e. The zero-order valence-electron chi connectivity index (χ0n) is 18.6.